The standard InChI is InChI=1S/C20H23FN2O.ClH/c1-13-9-11-15-16(6-4-7-17(15)21)20(13)23-19(24)12-10-14-5-2-3-8-18(14)22;/h2-8,13,20H,9-12,22H2,1H3,(H,23,24);1H. The number of nitrogens with two attached hydrogens (primary N) is 1. The van der Waals surface area contributed by atoms with Crippen molar-refractivity contribution in [2.75, 3.05) is 5.73 Å². The average molecular weight is 363 g/mol. The summed E-state index contributed by atoms with van der Waals surface area (Å²) in [5, 5.41) is 3.10. The van der Waals surface area contributed by atoms with Crippen molar-refractivity contribution in [3.05, 3.63) is 65.0 Å². The molecule has 0 saturated carbocycles. The van der Waals surface area contributed by atoms with Crippen molar-refractivity contribution < 1.29 is 9.18 Å². The highest BCUT2D eigenvalue weighted by Gasteiger charge is 2.29. The Balaban J connectivity index is 0.00000225. The molecule has 0 aromatic heterocycles. The second kappa shape index (κ2) is 8.34. The lowest BCUT2D eigenvalue weighted by Crippen LogP contribution is -2.35. The third-order valence-electron chi connectivity index (χ3n) is 4.90. The van der Waals surface area contributed by atoms with Gasteiger partial charge in [0.2, 0.25) is 5.91 Å². The zero-order chi connectivity index (χ0) is 17.1. The Morgan fingerprint density at radius 1 is 1.24 bits per heavy atom. The minimum atomic E-state index is -0.171. The Bertz CT molecular complexity index is 750. The number of para-hydroxylation sites is 1. The first kappa shape index (κ1) is 19.3. The summed E-state index contributed by atoms with van der Waals surface area (Å²) in [6.07, 6.45) is 2.60. The number of benzene rings is 2. The van der Waals surface area contributed by atoms with E-state index in [2.05, 4.69) is 12.2 Å². The van der Waals surface area contributed by atoms with Crippen LogP contribution in [0.15, 0.2) is 42.5 Å². The molecule has 3 nitrogen and oxygen atoms in total. The summed E-state index contributed by atoms with van der Waals surface area (Å²) in [5.74, 6) is 0.105. The lowest BCUT2D eigenvalue weighted by atomic mass is 9.80. The summed E-state index contributed by atoms with van der Waals surface area (Å²) in [4.78, 5) is 12.4. The van der Waals surface area contributed by atoms with Crippen LogP contribution in [0, 0.1) is 11.7 Å². The van der Waals surface area contributed by atoms with E-state index in [1.165, 1.54) is 6.07 Å². The Morgan fingerprint density at radius 2 is 2.00 bits per heavy atom. The minimum Gasteiger partial charge on any atom is -0.399 e. The molecule has 0 heterocycles. The first-order valence-electron chi connectivity index (χ1n) is 8.46. The van der Waals surface area contributed by atoms with Gasteiger partial charge in [-0.1, -0.05) is 37.3 Å². The van der Waals surface area contributed by atoms with Crippen molar-refractivity contribution in [2.45, 2.75) is 38.6 Å². The molecule has 2 unspecified atom stereocenters. The predicted octanol–water partition coefficient (Wildman–Crippen LogP) is 4.20. The first-order chi connectivity index (χ1) is 11.6. The summed E-state index contributed by atoms with van der Waals surface area (Å²) in [7, 11) is 0. The molecule has 0 spiro atoms. The lowest BCUT2D eigenvalue weighted by Gasteiger charge is -2.32. The number of nitrogen functional groups attached to an aromatic ring is 1. The van der Waals surface area contributed by atoms with Gasteiger partial charge in [0.25, 0.3) is 0 Å². The Kier molecular flexibility index (Phi) is 6.43. The van der Waals surface area contributed by atoms with Gasteiger partial charge in [-0.3, -0.25) is 4.79 Å². The van der Waals surface area contributed by atoms with E-state index < -0.39 is 0 Å². The van der Waals surface area contributed by atoms with Crippen LogP contribution >= 0.6 is 12.4 Å². The maximum atomic E-state index is 14.0. The number of fused-ring (bicyclic) bond motifs is 1. The van der Waals surface area contributed by atoms with Crippen molar-refractivity contribution in [1.29, 1.82) is 0 Å². The van der Waals surface area contributed by atoms with E-state index in [-0.39, 0.29) is 30.2 Å². The third kappa shape index (κ3) is 4.31. The first-order valence-corrected chi connectivity index (χ1v) is 8.46. The van der Waals surface area contributed by atoms with E-state index in [0.717, 1.165) is 29.5 Å². The summed E-state index contributed by atoms with van der Waals surface area (Å²) >= 11 is 0. The van der Waals surface area contributed by atoms with Crippen LogP contribution in [0.5, 0.6) is 0 Å². The third-order valence-corrected chi connectivity index (χ3v) is 4.90. The molecular weight excluding hydrogens is 339 g/mol. The zero-order valence-electron chi connectivity index (χ0n) is 14.3. The summed E-state index contributed by atoms with van der Waals surface area (Å²) < 4.78 is 14.0. The molecule has 3 N–H and O–H groups in total. The molecular formula is C20H24ClFN2O. The van der Waals surface area contributed by atoms with Crippen LogP contribution in [0.25, 0.3) is 0 Å². The lowest BCUT2D eigenvalue weighted by molar-refractivity contribution is -0.122. The number of carbonyl (C=O) groups excluding carboxylic acids is 1. The van der Waals surface area contributed by atoms with E-state index in [9.17, 15) is 9.18 Å². The Hall–Kier alpha value is -2.07. The number of nitrogens with one attached hydrogen (secondary N) is 1. The summed E-state index contributed by atoms with van der Waals surface area (Å²) in [6.45, 7) is 2.11. The predicted molar refractivity (Wildman–Crippen MR) is 101 cm³/mol. The molecule has 0 saturated heterocycles. The fourth-order valence-corrected chi connectivity index (χ4v) is 3.45. The van der Waals surface area contributed by atoms with Gasteiger partial charge in [0.15, 0.2) is 0 Å². The molecule has 3 rings (SSSR count). The van der Waals surface area contributed by atoms with Gasteiger partial charge in [0.1, 0.15) is 5.82 Å². The Labute approximate surface area is 154 Å². The van der Waals surface area contributed by atoms with Gasteiger partial charge in [-0.25, -0.2) is 4.39 Å². The molecule has 2 aromatic carbocycles. The number of hydrogen-bond acceptors (Lipinski definition) is 2. The fourth-order valence-electron chi connectivity index (χ4n) is 3.45. The number of amides is 1. The van der Waals surface area contributed by atoms with Crippen LogP contribution in [-0.4, -0.2) is 5.91 Å². The Morgan fingerprint density at radius 3 is 2.76 bits per heavy atom. The molecule has 5 heteroatoms. The van der Waals surface area contributed by atoms with Gasteiger partial charge >= 0.3 is 0 Å². The van der Waals surface area contributed by atoms with Crippen molar-refractivity contribution in [1.82, 2.24) is 5.32 Å². The van der Waals surface area contributed by atoms with Crippen LogP contribution < -0.4 is 11.1 Å². The second-order valence-corrected chi connectivity index (χ2v) is 6.57. The number of halogens is 2. The van der Waals surface area contributed by atoms with Crippen molar-refractivity contribution >= 4 is 24.0 Å². The van der Waals surface area contributed by atoms with Crippen molar-refractivity contribution in [3.63, 3.8) is 0 Å². The molecule has 0 aliphatic heterocycles. The topological polar surface area (TPSA) is 55.1 Å². The maximum Gasteiger partial charge on any atom is 0.220 e. The molecule has 25 heavy (non-hydrogen) atoms. The number of hydrogen-bond donors (Lipinski definition) is 2. The number of anilines is 1. The number of carbonyl (C=O) groups is 1. The van der Waals surface area contributed by atoms with Gasteiger partial charge < -0.3 is 11.1 Å². The van der Waals surface area contributed by atoms with Crippen molar-refractivity contribution in [3.8, 4) is 0 Å². The van der Waals surface area contributed by atoms with Gasteiger partial charge in [0, 0.05) is 12.1 Å². The molecule has 1 aliphatic rings. The molecule has 2 atom stereocenters. The highest BCUT2D eigenvalue weighted by atomic mass is 35.5. The van der Waals surface area contributed by atoms with Gasteiger partial charge in [-0.05, 0) is 54.0 Å². The maximum absolute atomic E-state index is 14.0. The molecule has 0 radical (unpaired) electrons. The molecule has 1 amide bonds. The minimum absolute atomic E-state index is 0. The molecule has 1 aliphatic carbocycles. The van der Waals surface area contributed by atoms with Crippen LogP contribution in [-0.2, 0) is 17.6 Å². The van der Waals surface area contributed by atoms with Crippen LogP contribution in [0.1, 0.15) is 42.5 Å². The zero-order valence-corrected chi connectivity index (χ0v) is 15.1. The normalized spacial score (nSPS) is 18.8. The van der Waals surface area contributed by atoms with Gasteiger partial charge in [-0.2, -0.15) is 0 Å². The average Bonchev–Trinajstić information content (AvgIpc) is 2.57. The molecule has 0 bridgehead atoms. The molecule has 2 aromatic rings. The monoisotopic (exact) mass is 362 g/mol. The highest BCUT2D eigenvalue weighted by Crippen LogP contribution is 2.35. The van der Waals surface area contributed by atoms with E-state index >= 15 is 0 Å². The van der Waals surface area contributed by atoms with Crippen LogP contribution in [0.2, 0.25) is 0 Å². The SMILES string of the molecule is CC1CCc2c(F)cccc2C1NC(=O)CCc1ccccc1N.Cl. The largest absolute Gasteiger partial charge is 0.399 e. The summed E-state index contributed by atoms with van der Waals surface area (Å²) in [6, 6.07) is 12.6. The summed E-state index contributed by atoms with van der Waals surface area (Å²) in [5.41, 5.74) is 9.28. The molecule has 134 valence electrons. The van der Waals surface area contributed by atoms with E-state index in [4.69, 9.17) is 5.73 Å². The highest BCUT2D eigenvalue weighted by molar-refractivity contribution is 5.85. The van der Waals surface area contributed by atoms with E-state index in [1.807, 2.05) is 30.3 Å². The quantitative estimate of drug-likeness (QED) is 0.801. The number of aryl methyl sites for hydroxylation is 1. The number of rotatable bonds is 4. The van der Waals surface area contributed by atoms with Gasteiger partial charge in [0.05, 0.1) is 6.04 Å². The smallest absolute Gasteiger partial charge is 0.220 e. The second-order valence-electron chi connectivity index (χ2n) is 6.57. The van der Waals surface area contributed by atoms with E-state index in [1.54, 1.807) is 6.07 Å². The van der Waals surface area contributed by atoms with Crippen LogP contribution in [0.4, 0.5) is 10.1 Å². The van der Waals surface area contributed by atoms with Gasteiger partial charge in [-0.15, -0.1) is 12.4 Å². The van der Waals surface area contributed by atoms with E-state index in [0.29, 0.717) is 24.4 Å². The fraction of sp³-hybridized carbons (Fsp3) is 0.350. The molecule has 0 fully saturated rings. The van der Waals surface area contributed by atoms with Crippen LogP contribution in [0.3, 0.4) is 0 Å². The van der Waals surface area contributed by atoms with Crippen molar-refractivity contribution in [2.24, 2.45) is 5.92 Å².